The molecule has 0 heterocycles. The molecular formula is C16H35Cl2N. The molecule has 1 nitrogen and oxygen atoms in total. The maximum absolute atomic E-state index is 5.80. The highest BCUT2D eigenvalue weighted by molar-refractivity contribution is 6.17. The van der Waals surface area contributed by atoms with Crippen LogP contribution in [0.15, 0.2) is 0 Å². The van der Waals surface area contributed by atoms with Crippen LogP contribution >= 0.6 is 11.6 Å². The second-order valence-electron chi connectivity index (χ2n) is 6.25. The summed E-state index contributed by atoms with van der Waals surface area (Å²) in [5, 5.41) is 0. The molecule has 0 saturated heterocycles. The van der Waals surface area contributed by atoms with Crippen molar-refractivity contribution in [2.45, 2.75) is 71.1 Å². The molecule has 0 aromatic carbocycles. The lowest BCUT2D eigenvalue weighted by atomic mass is 10.1. The van der Waals surface area contributed by atoms with E-state index in [1.54, 1.807) is 0 Å². The van der Waals surface area contributed by atoms with Gasteiger partial charge in [0.15, 0.2) is 0 Å². The Bertz CT molecular complexity index is 172. The Morgan fingerprint density at radius 3 is 1.53 bits per heavy atom. The van der Waals surface area contributed by atoms with Crippen LogP contribution in [0.25, 0.3) is 0 Å². The van der Waals surface area contributed by atoms with Crippen LogP contribution in [0.5, 0.6) is 0 Å². The molecular weight excluding hydrogens is 277 g/mol. The topological polar surface area (TPSA) is 0 Å². The normalized spacial score (nSPS) is 11.4. The monoisotopic (exact) mass is 311 g/mol. The molecule has 0 amide bonds. The third kappa shape index (κ3) is 16.5. The van der Waals surface area contributed by atoms with Gasteiger partial charge >= 0.3 is 0 Å². The predicted octanol–water partition coefficient (Wildman–Crippen LogP) is 2.23. The largest absolute Gasteiger partial charge is 1.00 e. The minimum absolute atomic E-state index is 0. The quantitative estimate of drug-likeness (QED) is 0.278. The molecule has 0 bridgehead atoms. The maximum Gasteiger partial charge on any atom is 0.0920 e. The minimum Gasteiger partial charge on any atom is -1.00 e. The number of alkyl halides is 1. The number of quaternary nitrogens is 1. The first-order chi connectivity index (χ1) is 8.62. The van der Waals surface area contributed by atoms with Crippen LogP contribution in [0.2, 0.25) is 0 Å². The summed E-state index contributed by atoms with van der Waals surface area (Å²) in [6.45, 7) is 4.66. The summed E-state index contributed by atoms with van der Waals surface area (Å²) in [7, 11) is 4.58. The molecule has 0 saturated carbocycles. The number of rotatable bonds is 13. The van der Waals surface area contributed by atoms with Gasteiger partial charge in [-0.3, -0.25) is 0 Å². The van der Waals surface area contributed by atoms with Crippen LogP contribution in [0.3, 0.4) is 0 Å². The molecule has 0 aromatic rings. The van der Waals surface area contributed by atoms with Gasteiger partial charge in [0.25, 0.3) is 0 Å². The van der Waals surface area contributed by atoms with Crippen LogP contribution in [0, 0.1) is 0 Å². The Hall–Kier alpha value is 0.540. The first-order valence-corrected chi connectivity index (χ1v) is 8.54. The van der Waals surface area contributed by atoms with Gasteiger partial charge in [-0.15, -0.1) is 11.6 Å². The third-order valence-electron chi connectivity index (χ3n) is 3.81. The van der Waals surface area contributed by atoms with Crippen molar-refractivity contribution in [3.63, 3.8) is 0 Å². The van der Waals surface area contributed by atoms with E-state index in [2.05, 4.69) is 21.0 Å². The molecule has 0 aliphatic carbocycles. The van der Waals surface area contributed by atoms with Crippen molar-refractivity contribution in [2.24, 2.45) is 0 Å². The van der Waals surface area contributed by atoms with Crippen LogP contribution in [0.4, 0.5) is 0 Å². The molecule has 3 heteroatoms. The van der Waals surface area contributed by atoms with Crippen molar-refractivity contribution in [2.75, 3.05) is 33.1 Å². The number of hydrogen-bond donors (Lipinski definition) is 0. The van der Waals surface area contributed by atoms with Gasteiger partial charge in [-0.05, 0) is 12.8 Å². The fraction of sp³-hybridized carbons (Fsp3) is 1.00. The van der Waals surface area contributed by atoms with Gasteiger partial charge in [-0.1, -0.05) is 58.3 Å². The molecule has 0 spiro atoms. The average Bonchev–Trinajstić information content (AvgIpc) is 2.31. The van der Waals surface area contributed by atoms with E-state index in [0.717, 1.165) is 16.9 Å². The minimum atomic E-state index is 0. The van der Waals surface area contributed by atoms with E-state index in [1.165, 1.54) is 70.8 Å². The van der Waals surface area contributed by atoms with E-state index < -0.39 is 0 Å². The van der Waals surface area contributed by atoms with Gasteiger partial charge in [-0.2, -0.15) is 0 Å². The maximum atomic E-state index is 5.80. The zero-order valence-corrected chi connectivity index (χ0v) is 14.9. The molecule has 0 radical (unpaired) electrons. The van der Waals surface area contributed by atoms with Gasteiger partial charge in [0.2, 0.25) is 0 Å². The highest BCUT2D eigenvalue weighted by Gasteiger charge is 2.12. The smallest absolute Gasteiger partial charge is 0.0920 e. The van der Waals surface area contributed by atoms with Crippen LogP contribution in [-0.4, -0.2) is 37.5 Å². The molecule has 0 unspecified atom stereocenters. The van der Waals surface area contributed by atoms with Crippen molar-refractivity contribution in [3.05, 3.63) is 0 Å². The Labute approximate surface area is 133 Å². The molecule has 0 fully saturated rings. The molecule has 19 heavy (non-hydrogen) atoms. The van der Waals surface area contributed by atoms with Gasteiger partial charge < -0.3 is 16.9 Å². The molecule has 118 valence electrons. The Kier molecular flexibility index (Phi) is 17.2. The second kappa shape index (κ2) is 14.9. The van der Waals surface area contributed by atoms with Crippen LogP contribution < -0.4 is 12.4 Å². The molecule has 0 aromatic heterocycles. The zero-order valence-electron chi connectivity index (χ0n) is 13.4. The van der Waals surface area contributed by atoms with Crippen LogP contribution in [0.1, 0.15) is 71.1 Å². The van der Waals surface area contributed by atoms with Crippen molar-refractivity contribution in [3.8, 4) is 0 Å². The zero-order chi connectivity index (χ0) is 13.7. The van der Waals surface area contributed by atoms with E-state index in [4.69, 9.17) is 11.6 Å². The standard InChI is InChI=1S/C16H35ClN.ClH/c1-4-5-6-7-8-9-10-11-12-13-15-18(2,3)16-14-17;/h4-16H2,1-3H3;1H/q+1;/p-1. The molecule has 0 N–H and O–H groups in total. The summed E-state index contributed by atoms with van der Waals surface area (Å²) in [6, 6.07) is 0. The fourth-order valence-electron chi connectivity index (χ4n) is 2.37. The Balaban J connectivity index is 0. The highest BCUT2D eigenvalue weighted by Crippen LogP contribution is 2.11. The number of unbranched alkanes of at least 4 members (excludes halogenated alkanes) is 9. The molecule has 0 rings (SSSR count). The Morgan fingerprint density at radius 2 is 1.11 bits per heavy atom. The first-order valence-electron chi connectivity index (χ1n) is 8.00. The molecule has 0 aliphatic heterocycles. The summed E-state index contributed by atoms with van der Waals surface area (Å²) < 4.78 is 1.08. The first kappa shape index (κ1) is 21.8. The van der Waals surface area contributed by atoms with Crippen molar-refractivity contribution < 1.29 is 16.9 Å². The predicted molar refractivity (Wildman–Crippen MR) is 84.4 cm³/mol. The lowest BCUT2D eigenvalue weighted by Gasteiger charge is -2.28. The molecule has 0 atom stereocenters. The number of hydrogen-bond acceptors (Lipinski definition) is 0. The van der Waals surface area contributed by atoms with Gasteiger partial charge in [0, 0.05) is 0 Å². The third-order valence-corrected chi connectivity index (χ3v) is 3.98. The van der Waals surface area contributed by atoms with E-state index in [9.17, 15) is 0 Å². The lowest BCUT2D eigenvalue weighted by molar-refractivity contribution is -0.888. The summed E-state index contributed by atoms with van der Waals surface area (Å²) in [4.78, 5) is 0. The van der Waals surface area contributed by atoms with E-state index in [1.807, 2.05) is 0 Å². The lowest BCUT2D eigenvalue weighted by Crippen LogP contribution is -3.00. The van der Waals surface area contributed by atoms with Crippen molar-refractivity contribution in [1.82, 2.24) is 0 Å². The fourth-order valence-corrected chi connectivity index (χ4v) is 2.83. The number of nitrogens with zero attached hydrogens (tertiary/aromatic N) is 1. The highest BCUT2D eigenvalue weighted by atomic mass is 35.5. The Morgan fingerprint density at radius 1 is 0.684 bits per heavy atom. The SMILES string of the molecule is CCCCCCCCCCCC[N+](C)(C)CCCl.[Cl-]. The number of halogens is 2. The molecule has 0 aliphatic rings. The summed E-state index contributed by atoms with van der Waals surface area (Å²) in [5.41, 5.74) is 0. The van der Waals surface area contributed by atoms with Crippen LogP contribution in [-0.2, 0) is 0 Å². The summed E-state index contributed by atoms with van der Waals surface area (Å²) in [5.74, 6) is 0.783. The van der Waals surface area contributed by atoms with E-state index in [0.29, 0.717) is 0 Å². The van der Waals surface area contributed by atoms with Crippen molar-refractivity contribution >= 4 is 11.6 Å². The average molecular weight is 312 g/mol. The summed E-state index contributed by atoms with van der Waals surface area (Å²) >= 11 is 5.80. The summed E-state index contributed by atoms with van der Waals surface area (Å²) in [6.07, 6.45) is 14.2. The van der Waals surface area contributed by atoms with E-state index >= 15 is 0 Å². The van der Waals surface area contributed by atoms with Gasteiger partial charge in [-0.25, -0.2) is 0 Å². The van der Waals surface area contributed by atoms with Crippen molar-refractivity contribution in [1.29, 1.82) is 0 Å². The van der Waals surface area contributed by atoms with Gasteiger partial charge in [0.05, 0.1) is 33.1 Å². The second-order valence-corrected chi connectivity index (χ2v) is 6.63. The van der Waals surface area contributed by atoms with E-state index in [-0.39, 0.29) is 12.4 Å². The van der Waals surface area contributed by atoms with Gasteiger partial charge in [0.1, 0.15) is 0 Å².